The van der Waals surface area contributed by atoms with E-state index in [1.54, 1.807) is 24.3 Å². The fourth-order valence-corrected chi connectivity index (χ4v) is 4.88. The maximum absolute atomic E-state index is 13.5. The molecule has 11 heteroatoms. The molecule has 9 nitrogen and oxygen atoms in total. The van der Waals surface area contributed by atoms with Crippen LogP contribution in [0.4, 0.5) is 11.4 Å². The molecule has 0 spiro atoms. The van der Waals surface area contributed by atoms with Crippen LogP contribution in [0.25, 0.3) is 0 Å². The van der Waals surface area contributed by atoms with Gasteiger partial charge in [0.25, 0.3) is 10.0 Å². The van der Waals surface area contributed by atoms with Crippen molar-refractivity contribution in [3.63, 3.8) is 0 Å². The molecule has 3 aromatic carbocycles. The Kier molecular flexibility index (Phi) is 8.33. The summed E-state index contributed by atoms with van der Waals surface area (Å²) < 4.78 is 37.3. The van der Waals surface area contributed by atoms with Crippen molar-refractivity contribution in [3.05, 3.63) is 88.4 Å². The number of carbonyl (C=O) groups excluding carboxylic acids is 3. The Morgan fingerprint density at radius 3 is 2.00 bits per heavy atom. The van der Waals surface area contributed by atoms with E-state index in [2.05, 4.69) is 5.32 Å². The van der Waals surface area contributed by atoms with Crippen molar-refractivity contribution < 1.29 is 32.3 Å². The molecule has 1 N–H and O–H groups in total. The van der Waals surface area contributed by atoms with Crippen LogP contribution >= 0.6 is 11.6 Å². The Hall–Kier alpha value is -3.89. The van der Waals surface area contributed by atoms with E-state index in [9.17, 15) is 22.8 Å². The van der Waals surface area contributed by atoms with Crippen LogP contribution in [0.2, 0.25) is 5.02 Å². The predicted octanol–water partition coefficient (Wildman–Crippen LogP) is 4.06. The van der Waals surface area contributed by atoms with Crippen molar-refractivity contribution in [2.24, 2.45) is 0 Å². The zero-order valence-corrected chi connectivity index (χ0v) is 21.2. The fourth-order valence-electron chi connectivity index (χ4n) is 3.29. The first-order valence-electron chi connectivity index (χ1n) is 10.5. The van der Waals surface area contributed by atoms with Gasteiger partial charge in [-0.25, -0.2) is 18.0 Å². The van der Waals surface area contributed by atoms with Crippen LogP contribution < -0.4 is 9.62 Å². The third-order valence-electron chi connectivity index (χ3n) is 5.05. The molecule has 0 aliphatic rings. The summed E-state index contributed by atoms with van der Waals surface area (Å²) in [5.41, 5.74) is 1.11. The van der Waals surface area contributed by atoms with Gasteiger partial charge < -0.3 is 14.8 Å². The van der Waals surface area contributed by atoms with Crippen molar-refractivity contribution in [3.8, 4) is 0 Å². The van der Waals surface area contributed by atoms with Gasteiger partial charge in [0.2, 0.25) is 5.91 Å². The zero-order chi connectivity index (χ0) is 26.5. The third kappa shape index (κ3) is 6.21. The zero-order valence-electron chi connectivity index (χ0n) is 19.6. The van der Waals surface area contributed by atoms with Gasteiger partial charge >= 0.3 is 11.9 Å². The van der Waals surface area contributed by atoms with Crippen molar-refractivity contribution in [1.29, 1.82) is 0 Å². The van der Waals surface area contributed by atoms with E-state index in [1.807, 2.05) is 6.92 Å². The Morgan fingerprint density at radius 2 is 1.47 bits per heavy atom. The van der Waals surface area contributed by atoms with Crippen molar-refractivity contribution in [2.45, 2.75) is 11.8 Å². The molecule has 0 saturated heterocycles. The highest BCUT2D eigenvalue weighted by Gasteiger charge is 2.28. The molecule has 0 aliphatic carbocycles. The molecule has 3 rings (SSSR count). The van der Waals surface area contributed by atoms with Gasteiger partial charge in [0.15, 0.2) is 0 Å². The van der Waals surface area contributed by atoms with E-state index in [-0.39, 0.29) is 32.4 Å². The van der Waals surface area contributed by atoms with Crippen LogP contribution in [0.5, 0.6) is 0 Å². The lowest BCUT2D eigenvalue weighted by atomic mass is 10.1. The number of hydrogen-bond acceptors (Lipinski definition) is 7. The summed E-state index contributed by atoms with van der Waals surface area (Å²) in [5.74, 6) is -2.21. The number of anilines is 2. The summed E-state index contributed by atoms with van der Waals surface area (Å²) in [4.78, 5) is 37.1. The van der Waals surface area contributed by atoms with Gasteiger partial charge in [-0.05, 0) is 55.5 Å². The second-order valence-corrected chi connectivity index (χ2v) is 9.93. The number of nitrogens with one attached hydrogen (secondary N) is 1. The number of aryl methyl sites for hydroxylation is 1. The molecule has 0 saturated carbocycles. The summed E-state index contributed by atoms with van der Waals surface area (Å²) in [6, 6.07) is 16.1. The van der Waals surface area contributed by atoms with Crippen LogP contribution in [-0.4, -0.2) is 47.0 Å². The van der Waals surface area contributed by atoms with Gasteiger partial charge in [0.1, 0.15) is 6.54 Å². The minimum Gasteiger partial charge on any atom is -0.465 e. The Bertz CT molecular complexity index is 1370. The molecule has 36 heavy (non-hydrogen) atoms. The lowest BCUT2D eigenvalue weighted by Gasteiger charge is -2.24. The normalized spacial score (nSPS) is 10.9. The molecule has 188 valence electrons. The monoisotopic (exact) mass is 530 g/mol. The van der Waals surface area contributed by atoms with Crippen LogP contribution in [0.3, 0.4) is 0 Å². The third-order valence-corrected chi connectivity index (χ3v) is 7.07. The summed E-state index contributed by atoms with van der Waals surface area (Å²) >= 11 is 6.08. The number of carbonyl (C=O) groups is 3. The Morgan fingerprint density at radius 1 is 0.889 bits per heavy atom. The second kappa shape index (κ2) is 11.2. The van der Waals surface area contributed by atoms with Crippen molar-refractivity contribution in [1.82, 2.24) is 0 Å². The Balaban J connectivity index is 1.98. The molecule has 0 aromatic heterocycles. The van der Waals surface area contributed by atoms with Gasteiger partial charge in [0.05, 0.1) is 35.9 Å². The van der Waals surface area contributed by atoms with Gasteiger partial charge in [-0.3, -0.25) is 9.10 Å². The summed E-state index contributed by atoms with van der Waals surface area (Å²) in [6.07, 6.45) is 0. The number of benzene rings is 3. The number of ether oxygens (including phenoxy) is 2. The average Bonchev–Trinajstić information content (AvgIpc) is 2.86. The van der Waals surface area contributed by atoms with Crippen molar-refractivity contribution >= 4 is 50.8 Å². The minimum absolute atomic E-state index is 0.00493. The van der Waals surface area contributed by atoms with Gasteiger partial charge in [-0.2, -0.15) is 0 Å². The van der Waals surface area contributed by atoms with Crippen molar-refractivity contribution in [2.75, 3.05) is 30.4 Å². The van der Waals surface area contributed by atoms with Crippen LogP contribution in [0.1, 0.15) is 26.3 Å². The maximum atomic E-state index is 13.5. The number of amides is 1. The lowest BCUT2D eigenvalue weighted by Crippen LogP contribution is -2.38. The second-order valence-electron chi connectivity index (χ2n) is 7.63. The molecule has 3 aromatic rings. The van der Waals surface area contributed by atoms with E-state index in [0.717, 1.165) is 9.87 Å². The number of sulfonamides is 1. The minimum atomic E-state index is -4.16. The molecular formula is C25H23ClN2O7S. The Labute approximate surface area is 213 Å². The standard InChI is InChI=1S/C25H23ClN2O7S/c1-16-7-9-22(10-8-16)36(32,33)28(21-6-4-5-19(26)14-21)15-23(29)27-20-12-17(24(30)34-2)11-18(13-20)25(31)35-3/h4-14H,15H2,1-3H3,(H,27,29). The van der Waals surface area contributed by atoms with E-state index < -0.39 is 34.4 Å². The van der Waals surface area contributed by atoms with E-state index in [0.29, 0.717) is 0 Å². The summed E-state index contributed by atoms with van der Waals surface area (Å²) in [6.45, 7) is 1.20. The van der Waals surface area contributed by atoms with Crippen LogP contribution in [0, 0.1) is 6.92 Å². The first-order chi connectivity index (χ1) is 17.0. The first kappa shape index (κ1) is 26.7. The molecule has 0 unspecified atom stereocenters. The molecule has 0 radical (unpaired) electrons. The highest BCUT2D eigenvalue weighted by Crippen LogP contribution is 2.27. The van der Waals surface area contributed by atoms with Gasteiger partial charge in [-0.1, -0.05) is 35.4 Å². The lowest BCUT2D eigenvalue weighted by molar-refractivity contribution is -0.114. The maximum Gasteiger partial charge on any atom is 0.337 e. The van der Waals surface area contributed by atoms with E-state index in [1.165, 1.54) is 56.7 Å². The highest BCUT2D eigenvalue weighted by atomic mass is 35.5. The SMILES string of the molecule is COC(=O)c1cc(NC(=O)CN(c2cccc(Cl)c2)S(=O)(=O)c2ccc(C)cc2)cc(C(=O)OC)c1. The molecule has 0 fully saturated rings. The smallest absolute Gasteiger partial charge is 0.337 e. The fraction of sp³-hybridized carbons (Fsp3) is 0.160. The molecule has 1 amide bonds. The summed E-state index contributed by atoms with van der Waals surface area (Å²) in [5, 5.41) is 2.82. The number of esters is 2. The molecule has 0 aliphatic heterocycles. The number of nitrogens with zero attached hydrogens (tertiary/aromatic N) is 1. The number of methoxy groups -OCH3 is 2. The van der Waals surface area contributed by atoms with E-state index in [4.69, 9.17) is 21.1 Å². The number of halogens is 1. The van der Waals surface area contributed by atoms with E-state index >= 15 is 0 Å². The summed E-state index contributed by atoms with van der Waals surface area (Å²) in [7, 11) is -1.82. The predicted molar refractivity (Wildman–Crippen MR) is 135 cm³/mol. The average molecular weight is 531 g/mol. The quantitative estimate of drug-likeness (QED) is 0.436. The molecule has 0 bridgehead atoms. The largest absolute Gasteiger partial charge is 0.465 e. The molecular weight excluding hydrogens is 508 g/mol. The van der Waals surface area contributed by atoms with Gasteiger partial charge in [-0.15, -0.1) is 0 Å². The molecule has 0 atom stereocenters. The number of rotatable bonds is 8. The van der Waals surface area contributed by atoms with Crippen LogP contribution in [-0.2, 0) is 24.3 Å². The topological polar surface area (TPSA) is 119 Å². The first-order valence-corrected chi connectivity index (χ1v) is 12.3. The molecule has 0 heterocycles. The van der Waals surface area contributed by atoms with Crippen LogP contribution in [0.15, 0.2) is 71.6 Å². The number of hydrogen-bond donors (Lipinski definition) is 1. The highest BCUT2D eigenvalue weighted by molar-refractivity contribution is 7.92. The van der Waals surface area contributed by atoms with Gasteiger partial charge in [0, 0.05) is 10.7 Å².